The summed E-state index contributed by atoms with van der Waals surface area (Å²) in [5.41, 5.74) is 2.44. The zero-order valence-electron chi connectivity index (χ0n) is 9.77. The van der Waals surface area contributed by atoms with E-state index in [2.05, 4.69) is 32.0 Å². The van der Waals surface area contributed by atoms with Crippen LogP contribution in [-0.2, 0) is 0 Å². The molecule has 17 heavy (non-hydrogen) atoms. The Hall–Kier alpha value is -1.61. The van der Waals surface area contributed by atoms with Gasteiger partial charge in [-0.15, -0.1) is 0 Å². The Morgan fingerprint density at radius 3 is 2.00 bits per heavy atom. The van der Waals surface area contributed by atoms with Crippen molar-refractivity contribution in [1.82, 2.24) is 0 Å². The molecule has 0 atom stereocenters. The van der Waals surface area contributed by atoms with Gasteiger partial charge in [-0.05, 0) is 55.3 Å². The maximum absolute atomic E-state index is 9.42. The van der Waals surface area contributed by atoms with Gasteiger partial charge < -0.3 is 10.2 Å². The van der Waals surface area contributed by atoms with Crippen molar-refractivity contribution in [3.8, 4) is 11.5 Å². The largest absolute Gasteiger partial charge is 0.504 e. The molecule has 0 fully saturated rings. The third-order valence-corrected chi connectivity index (χ3v) is 3.34. The van der Waals surface area contributed by atoms with Crippen LogP contribution < -0.4 is 0 Å². The van der Waals surface area contributed by atoms with Crippen molar-refractivity contribution >= 4 is 11.8 Å². The third kappa shape index (κ3) is 2.94. The lowest BCUT2D eigenvalue weighted by molar-refractivity contribution is 0.402. The first-order valence-electron chi connectivity index (χ1n) is 5.33. The first-order chi connectivity index (χ1) is 8.04. The highest BCUT2D eigenvalue weighted by molar-refractivity contribution is 7.99. The number of benzene rings is 2. The molecule has 0 aliphatic carbocycles. The van der Waals surface area contributed by atoms with E-state index >= 15 is 0 Å². The van der Waals surface area contributed by atoms with Gasteiger partial charge in [0.05, 0.1) is 0 Å². The minimum absolute atomic E-state index is 0.0839. The van der Waals surface area contributed by atoms with Crippen LogP contribution in [0.2, 0.25) is 0 Å². The molecule has 0 unspecified atom stereocenters. The highest BCUT2D eigenvalue weighted by atomic mass is 32.2. The van der Waals surface area contributed by atoms with E-state index in [4.69, 9.17) is 0 Å². The molecule has 0 aliphatic rings. The lowest BCUT2D eigenvalue weighted by Crippen LogP contribution is -1.80. The van der Waals surface area contributed by atoms with Crippen molar-refractivity contribution in [3.63, 3.8) is 0 Å². The average Bonchev–Trinajstić information content (AvgIpc) is 2.22. The number of hydrogen-bond donors (Lipinski definition) is 2. The Kier molecular flexibility index (Phi) is 3.29. The molecule has 2 aromatic carbocycles. The molecule has 2 rings (SSSR count). The monoisotopic (exact) mass is 246 g/mol. The normalized spacial score (nSPS) is 10.5. The van der Waals surface area contributed by atoms with Crippen LogP contribution in [0, 0.1) is 13.8 Å². The van der Waals surface area contributed by atoms with Gasteiger partial charge in [-0.25, -0.2) is 0 Å². The lowest BCUT2D eigenvalue weighted by atomic mass is 10.2. The summed E-state index contributed by atoms with van der Waals surface area (Å²) in [6.45, 7) is 4.12. The molecule has 0 saturated heterocycles. The van der Waals surface area contributed by atoms with E-state index in [0.29, 0.717) is 0 Å². The minimum Gasteiger partial charge on any atom is -0.504 e. The van der Waals surface area contributed by atoms with Crippen molar-refractivity contribution in [2.24, 2.45) is 0 Å². The van der Waals surface area contributed by atoms with Gasteiger partial charge >= 0.3 is 0 Å². The molecule has 0 heterocycles. The second-order valence-corrected chi connectivity index (χ2v) is 5.22. The van der Waals surface area contributed by atoms with Crippen LogP contribution in [0.5, 0.6) is 11.5 Å². The molecule has 0 spiro atoms. The summed E-state index contributed by atoms with van der Waals surface area (Å²) in [6, 6.07) is 11.2. The van der Waals surface area contributed by atoms with Crippen LogP contribution in [0.25, 0.3) is 0 Å². The van der Waals surface area contributed by atoms with Gasteiger partial charge in [0.2, 0.25) is 0 Å². The van der Waals surface area contributed by atoms with E-state index in [9.17, 15) is 10.2 Å². The van der Waals surface area contributed by atoms with Crippen molar-refractivity contribution in [1.29, 1.82) is 0 Å². The van der Waals surface area contributed by atoms with Gasteiger partial charge in [0, 0.05) is 9.79 Å². The smallest absolute Gasteiger partial charge is 0.158 e. The molecular weight excluding hydrogens is 232 g/mol. The maximum Gasteiger partial charge on any atom is 0.158 e. The predicted octanol–water partition coefficient (Wildman–Crippen LogP) is 3.87. The van der Waals surface area contributed by atoms with Gasteiger partial charge in [0.25, 0.3) is 0 Å². The van der Waals surface area contributed by atoms with Crippen LogP contribution in [0.4, 0.5) is 0 Å². The minimum atomic E-state index is -0.0882. The van der Waals surface area contributed by atoms with Gasteiger partial charge in [0.15, 0.2) is 11.5 Å². The molecule has 2 aromatic rings. The average molecular weight is 246 g/mol. The second-order valence-electron chi connectivity index (χ2n) is 4.08. The molecule has 0 saturated carbocycles. The third-order valence-electron chi connectivity index (χ3n) is 2.38. The van der Waals surface area contributed by atoms with Gasteiger partial charge in [0.1, 0.15) is 0 Å². The molecule has 0 amide bonds. The molecule has 2 nitrogen and oxygen atoms in total. The Balaban J connectivity index is 2.28. The van der Waals surface area contributed by atoms with E-state index in [1.54, 1.807) is 23.9 Å². The topological polar surface area (TPSA) is 40.5 Å². The van der Waals surface area contributed by atoms with Crippen LogP contribution in [0.15, 0.2) is 46.2 Å². The quantitative estimate of drug-likeness (QED) is 0.790. The van der Waals surface area contributed by atoms with Crippen molar-refractivity contribution in [3.05, 3.63) is 47.5 Å². The summed E-state index contributed by atoms with van der Waals surface area (Å²) in [6.07, 6.45) is 0. The summed E-state index contributed by atoms with van der Waals surface area (Å²) in [5.74, 6) is -0.172. The Morgan fingerprint density at radius 1 is 0.765 bits per heavy atom. The van der Waals surface area contributed by atoms with Gasteiger partial charge in [-0.1, -0.05) is 17.8 Å². The molecule has 0 aliphatic heterocycles. The molecule has 0 radical (unpaired) electrons. The van der Waals surface area contributed by atoms with E-state index in [-0.39, 0.29) is 11.5 Å². The van der Waals surface area contributed by atoms with Crippen LogP contribution in [-0.4, -0.2) is 10.2 Å². The van der Waals surface area contributed by atoms with E-state index < -0.39 is 0 Å². The lowest BCUT2D eigenvalue weighted by Gasteiger charge is -2.06. The summed E-state index contributed by atoms with van der Waals surface area (Å²) in [4.78, 5) is 2.04. The fourth-order valence-corrected chi connectivity index (χ4v) is 2.76. The zero-order valence-corrected chi connectivity index (χ0v) is 10.6. The highest BCUT2D eigenvalue weighted by Gasteiger charge is 2.03. The molecule has 88 valence electrons. The number of aryl methyl sites for hydroxylation is 2. The zero-order chi connectivity index (χ0) is 12.4. The SMILES string of the molecule is Cc1cc(C)cc(Sc2ccc(O)c(O)c2)c1. The number of rotatable bonds is 2. The standard InChI is InChI=1S/C14H14O2S/c1-9-5-10(2)7-12(6-9)17-11-3-4-13(15)14(16)8-11/h3-8,15-16H,1-2H3. The summed E-state index contributed by atoms with van der Waals surface area (Å²) in [5, 5.41) is 18.7. The number of aromatic hydroxyl groups is 2. The number of phenols is 2. The van der Waals surface area contributed by atoms with Crippen molar-refractivity contribution in [2.45, 2.75) is 23.6 Å². The summed E-state index contributed by atoms with van der Waals surface area (Å²) >= 11 is 1.57. The predicted molar refractivity (Wildman–Crippen MR) is 69.8 cm³/mol. The molecular formula is C14H14O2S. The van der Waals surface area contributed by atoms with Crippen molar-refractivity contribution in [2.75, 3.05) is 0 Å². The number of phenolic OH excluding ortho intramolecular Hbond substituents is 2. The fourth-order valence-electron chi connectivity index (χ4n) is 1.69. The van der Waals surface area contributed by atoms with E-state index in [0.717, 1.165) is 9.79 Å². The molecule has 0 bridgehead atoms. The van der Waals surface area contributed by atoms with Crippen molar-refractivity contribution < 1.29 is 10.2 Å². The van der Waals surface area contributed by atoms with Crippen LogP contribution in [0.3, 0.4) is 0 Å². The molecule has 3 heteroatoms. The Bertz CT molecular complexity index is 530. The fraction of sp³-hybridized carbons (Fsp3) is 0.143. The van der Waals surface area contributed by atoms with Gasteiger partial charge in [-0.3, -0.25) is 0 Å². The summed E-state index contributed by atoms with van der Waals surface area (Å²) < 4.78 is 0. The first kappa shape index (κ1) is 11.9. The van der Waals surface area contributed by atoms with E-state index in [1.165, 1.54) is 17.2 Å². The second kappa shape index (κ2) is 4.72. The summed E-state index contributed by atoms with van der Waals surface area (Å²) in [7, 11) is 0. The molecule has 2 N–H and O–H groups in total. The first-order valence-corrected chi connectivity index (χ1v) is 6.14. The number of hydrogen-bond acceptors (Lipinski definition) is 3. The maximum atomic E-state index is 9.42. The van der Waals surface area contributed by atoms with E-state index in [1.807, 2.05) is 0 Å². The molecule has 0 aromatic heterocycles. The van der Waals surface area contributed by atoms with Crippen LogP contribution in [0.1, 0.15) is 11.1 Å². The van der Waals surface area contributed by atoms with Gasteiger partial charge in [-0.2, -0.15) is 0 Å². The highest BCUT2D eigenvalue weighted by Crippen LogP contribution is 2.34. The Labute approximate surface area is 105 Å². The Morgan fingerprint density at radius 2 is 1.41 bits per heavy atom. The van der Waals surface area contributed by atoms with Crippen LogP contribution >= 0.6 is 11.8 Å².